The Kier molecular flexibility index (Phi) is 6.11. The van der Waals surface area contributed by atoms with Crippen molar-refractivity contribution in [1.29, 1.82) is 0 Å². The van der Waals surface area contributed by atoms with Gasteiger partial charge in [-0.15, -0.1) is 0 Å². The van der Waals surface area contributed by atoms with Crippen molar-refractivity contribution in [1.82, 2.24) is 9.88 Å². The van der Waals surface area contributed by atoms with Crippen LogP contribution in [0.3, 0.4) is 0 Å². The zero-order chi connectivity index (χ0) is 19.3. The average Bonchev–Trinajstić information content (AvgIpc) is 2.93. The molecule has 0 spiro atoms. The van der Waals surface area contributed by atoms with Gasteiger partial charge in [0.1, 0.15) is 10.6 Å². The molecule has 0 saturated carbocycles. The molecule has 2 rings (SSSR count). The molecule has 0 unspecified atom stereocenters. The number of amides is 1. The van der Waals surface area contributed by atoms with Crippen LogP contribution in [0.25, 0.3) is 0 Å². The molecule has 1 amide bonds. The first kappa shape index (κ1) is 19.6. The maximum Gasteiger partial charge on any atom is 0.340 e. The minimum absolute atomic E-state index is 0.0998. The Balaban J connectivity index is 2.07. The largest absolute Gasteiger partial charge is 0.462 e. The van der Waals surface area contributed by atoms with Crippen molar-refractivity contribution in [3.63, 3.8) is 0 Å². The summed E-state index contributed by atoms with van der Waals surface area (Å²) < 4.78 is 36.5. The van der Waals surface area contributed by atoms with E-state index in [2.05, 4.69) is 15.2 Å². The first-order chi connectivity index (χ1) is 12.3. The predicted octanol–water partition coefficient (Wildman–Crippen LogP) is 1.39. The number of para-hydroxylation sites is 1. The Morgan fingerprint density at radius 1 is 1.23 bits per heavy atom. The number of carbonyl (C=O) groups is 2. The third-order valence-electron chi connectivity index (χ3n) is 3.36. The molecule has 0 radical (unpaired) electrons. The summed E-state index contributed by atoms with van der Waals surface area (Å²) in [7, 11) is -3.96. The van der Waals surface area contributed by atoms with Gasteiger partial charge in [0.05, 0.1) is 24.4 Å². The summed E-state index contributed by atoms with van der Waals surface area (Å²) in [5.41, 5.74) is 0.604. The van der Waals surface area contributed by atoms with Crippen LogP contribution in [0.15, 0.2) is 33.7 Å². The van der Waals surface area contributed by atoms with Crippen LogP contribution < -0.4 is 10.0 Å². The summed E-state index contributed by atoms with van der Waals surface area (Å²) in [6.07, 6.45) is 0. The van der Waals surface area contributed by atoms with Gasteiger partial charge in [0.2, 0.25) is 15.9 Å². The number of rotatable bonds is 7. The summed E-state index contributed by atoms with van der Waals surface area (Å²) in [4.78, 5) is 23.9. The van der Waals surface area contributed by atoms with E-state index in [1.807, 2.05) is 0 Å². The van der Waals surface area contributed by atoms with Crippen LogP contribution in [0.5, 0.6) is 0 Å². The summed E-state index contributed by atoms with van der Waals surface area (Å²) in [6, 6.07) is 6.28. The fourth-order valence-electron chi connectivity index (χ4n) is 2.26. The van der Waals surface area contributed by atoms with E-state index in [1.54, 1.807) is 19.1 Å². The highest BCUT2D eigenvalue weighted by atomic mass is 32.2. The number of nitrogens with zero attached hydrogens (tertiary/aromatic N) is 1. The zero-order valence-electron chi connectivity index (χ0n) is 14.5. The minimum Gasteiger partial charge on any atom is -0.462 e. The van der Waals surface area contributed by atoms with E-state index in [0.717, 1.165) is 0 Å². The summed E-state index contributed by atoms with van der Waals surface area (Å²) in [5.74, 6) is -1.10. The molecule has 0 fully saturated rings. The van der Waals surface area contributed by atoms with Crippen molar-refractivity contribution in [2.24, 2.45) is 0 Å². The monoisotopic (exact) mass is 381 g/mol. The van der Waals surface area contributed by atoms with Crippen molar-refractivity contribution < 1.29 is 27.3 Å². The molecule has 0 aliphatic carbocycles. The second-order valence-electron chi connectivity index (χ2n) is 5.29. The SMILES string of the molecule is CCOC(=O)c1ccccc1NC(=O)CNS(=O)(=O)c1c(C)noc1C. The number of benzene rings is 1. The predicted molar refractivity (Wildman–Crippen MR) is 92.2 cm³/mol. The molecule has 140 valence electrons. The van der Waals surface area contributed by atoms with Crippen molar-refractivity contribution in [2.75, 3.05) is 18.5 Å². The lowest BCUT2D eigenvalue weighted by Gasteiger charge is -2.11. The number of anilines is 1. The molecular weight excluding hydrogens is 362 g/mol. The van der Waals surface area contributed by atoms with Crippen LogP contribution >= 0.6 is 0 Å². The number of esters is 1. The Morgan fingerprint density at radius 2 is 1.92 bits per heavy atom. The zero-order valence-corrected chi connectivity index (χ0v) is 15.3. The van der Waals surface area contributed by atoms with E-state index in [9.17, 15) is 18.0 Å². The van der Waals surface area contributed by atoms with Gasteiger partial charge in [-0.05, 0) is 32.9 Å². The van der Waals surface area contributed by atoms with Gasteiger partial charge in [-0.2, -0.15) is 0 Å². The third-order valence-corrected chi connectivity index (χ3v) is 5.00. The van der Waals surface area contributed by atoms with Crippen LogP contribution in [0.4, 0.5) is 5.69 Å². The Morgan fingerprint density at radius 3 is 2.54 bits per heavy atom. The second kappa shape index (κ2) is 8.11. The molecule has 0 aliphatic rings. The molecule has 1 heterocycles. The number of aromatic nitrogens is 1. The number of hydrogen-bond acceptors (Lipinski definition) is 7. The van der Waals surface area contributed by atoms with Gasteiger partial charge in [-0.3, -0.25) is 4.79 Å². The number of sulfonamides is 1. The fourth-order valence-corrected chi connectivity index (χ4v) is 3.57. The molecular formula is C16H19N3O6S. The first-order valence-electron chi connectivity index (χ1n) is 7.74. The molecule has 9 nitrogen and oxygen atoms in total. The van der Waals surface area contributed by atoms with Gasteiger partial charge < -0.3 is 14.6 Å². The smallest absolute Gasteiger partial charge is 0.340 e. The molecule has 26 heavy (non-hydrogen) atoms. The second-order valence-corrected chi connectivity index (χ2v) is 7.00. The number of carbonyl (C=O) groups excluding carboxylic acids is 2. The molecule has 1 aromatic heterocycles. The fraction of sp³-hybridized carbons (Fsp3) is 0.312. The van der Waals surface area contributed by atoms with Gasteiger partial charge >= 0.3 is 5.97 Å². The Labute approximate surface area is 150 Å². The molecule has 1 aromatic carbocycles. The number of aryl methyl sites for hydroxylation is 2. The van der Waals surface area contributed by atoms with Crippen LogP contribution in [0.1, 0.15) is 28.7 Å². The highest BCUT2D eigenvalue weighted by Crippen LogP contribution is 2.19. The summed E-state index contributed by atoms with van der Waals surface area (Å²) >= 11 is 0. The molecule has 0 aliphatic heterocycles. The van der Waals surface area contributed by atoms with Crippen molar-refractivity contribution in [2.45, 2.75) is 25.7 Å². The molecule has 2 aromatic rings. The third kappa shape index (κ3) is 4.46. The van der Waals surface area contributed by atoms with E-state index < -0.39 is 28.4 Å². The van der Waals surface area contributed by atoms with E-state index in [1.165, 1.54) is 26.0 Å². The van der Waals surface area contributed by atoms with Gasteiger partial charge in [0.25, 0.3) is 0 Å². The maximum atomic E-state index is 12.3. The minimum atomic E-state index is -3.96. The highest BCUT2D eigenvalue weighted by Gasteiger charge is 2.25. The molecule has 0 saturated heterocycles. The van der Waals surface area contributed by atoms with Crippen molar-refractivity contribution in [3.05, 3.63) is 41.3 Å². The maximum absolute atomic E-state index is 12.3. The molecule has 10 heteroatoms. The lowest BCUT2D eigenvalue weighted by Crippen LogP contribution is -2.33. The topological polar surface area (TPSA) is 128 Å². The van der Waals surface area contributed by atoms with Crippen LogP contribution in [0, 0.1) is 13.8 Å². The standard InChI is InChI=1S/C16H19N3O6S/c1-4-24-16(21)12-7-5-6-8-13(12)18-14(20)9-17-26(22,23)15-10(2)19-25-11(15)3/h5-8,17H,4,9H2,1-3H3,(H,18,20). The van der Waals surface area contributed by atoms with Crippen molar-refractivity contribution in [3.8, 4) is 0 Å². The van der Waals surface area contributed by atoms with Gasteiger partial charge in [0, 0.05) is 0 Å². The number of nitrogens with one attached hydrogen (secondary N) is 2. The van der Waals surface area contributed by atoms with Crippen LogP contribution in [-0.2, 0) is 19.6 Å². The average molecular weight is 381 g/mol. The number of hydrogen-bond donors (Lipinski definition) is 2. The molecule has 0 atom stereocenters. The van der Waals surface area contributed by atoms with Gasteiger partial charge in [-0.25, -0.2) is 17.9 Å². The Hall–Kier alpha value is -2.72. The van der Waals surface area contributed by atoms with Gasteiger partial charge in [-0.1, -0.05) is 17.3 Å². The quantitative estimate of drug-likeness (QED) is 0.694. The lowest BCUT2D eigenvalue weighted by atomic mass is 10.2. The number of ether oxygens (including phenoxy) is 1. The van der Waals surface area contributed by atoms with E-state index in [-0.39, 0.29) is 34.2 Å². The lowest BCUT2D eigenvalue weighted by molar-refractivity contribution is -0.115. The van der Waals surface area contributed by atoms with Gasteiger partial charge in [0.15, 0.2) is 5.76 Å². The highest BCUT2D eigenvalue weighted by molar-refractivity contribution is 7.89. The van der Waals surface area contributed by atoms with Crippen LogP contribution in [-0.4, -0.2) is 38.6 Å². The van der Waals surface area contributed by atoms with E-state index >= 15 is 0 Å². The Bertz CT molecular complexity index is 900. The molecule has 2 N–H and O–H groups in total. The molecule has 0 bridgehead atoms. The van der Waals surface area contributed by atoms with Crippen LogP contribution in [0.2, 0.25) is 0 Å². The van der Waals surface area contributed by atoms with Crippen molar-refractivity contribution >= 4 is 27.6 Å². The van der Waals surface area contributed by atoms with E-state index in [4.69, 9.17) is 9.26 Å². The van der Waals surface area contributed by atoms with E-state index in [0.29, 0.717) is 0 Å². The summed E-state index contributed by atoms with van der Waals surface area (Å²) in [5, 5.41) is 6.07. The summed E-state index contributed by atoms with van der Waals surface area (Å²) in [6.45, 7) is 4.29. The normalized spacial score (nSPS) is 11.2. The first-order valence-corrected chi connectivity index (χ1v) is 9.23.